The van der Waals surface area contributed by atoms with E-state index >= 15 is 0 Å². The molecule has 1 unspecified atom stereocenters. The van der Waals surface area contributed by atoms with E-state index in [0.29, 0.717) is 0 Å². The van der Waals surface area contributed by atoms with Crippen LogP contribution in [-0.2, 0) is 6.42 Å². The minimum absolute atomic E-state index is 0.202. The third-order valence-electron chi connectivity index (χ3n) is 4.50. The van der Waals surface area contributed by atoms with Crippen molar-refractivity contribution in [2.45, 2.75) is 64.8 Å². The molecular formula is C19H30ClN. The van der Waals surface area contributed by atoms with Crippen molar-refractivity contribution in [3.8, 4) is 0 Å². The largest absolute Gasteiger partial charge is 0.312 e. The number of rotatable bonds is 6. The van der Waals surface area contributed by atoms with Gasteiger partial charge in [-0.1, -0.05) is 49.4 Å². The van der Waals surface area contributed by atoms with E-state index < -0.39 is 0 Å². The van der Waals surface area contributed by atoms with Gasteiger partial charge < -0.3 is 5.32 Å². The zero-order valence-corrected chi connectivity index (χ0v) is 14.5. The quantitative estimate of drug-likeness (QED) is 0.735. The van der Waals surface area contributed by atoms with E-state index in [2.05, 4.69) is 38.2 Å². The highest BCUT2D eigenvalue weighted by atomic mass is 35.5. The normalized spacial score (nSPS) is 18.1. The Hall–Kier alpha value is -0.530. The van der Waals surface area contributed by atoms with Crippen LogP contribution in [0.3, 0.4) is 0 Å². The Morgan fingerprint density at radius 2 is 1.76 bits per heavy atom. The molecule has 0 heterocycles. The Balaban J connectivity index is 1.94. The van der Waals surface area contributed by atoms with Gasteiger partial charge >= 0.3 is 0 Å². The highest BCUT2D eigenvalue weighted by molar-refractivity contribution is 6.30. The van der Waals surface area contributed by atoms with Crippen molar-refractivity contribution in [2.24, 2.45) is 11.8 Å². The van der Waals surface area contributed by atoms with Crippen LogP contribution >= 0.6 is 11.6 Å². The number of hydrogen-bond acceptors (Lipinski definition) is 1. The summed E-state index contributed by atoms with van der Waals surface area (Å²) in [5.41, 5.74) is 1.62. The van der Waals surface area contributed by atoms with Crippen LogP contribution in [-0.4, -0.2) is 12.1 Å². The lowest BCUT2D eigenvalue weighted by Crippen LogP contribution is -2.40. The molecule has 1 nitrogen and oxygen atoms in total. The number of benzene rings is 1. The molecule has 0 aliphatic heterocycles. The Morgan fingerprint density at radius 1 is 1.14 bits per heavy atom. The van der Waals surface area contributed by atoms with Gasteiger partial charge in [0.25, 0.3) is 0 Å². The summed E-state index contributed by atoms with van der Waals surface area (Å²) in [5, 5.41) is 4.53. The van der Waals surface area contributed by atoms with Crippen molar-refractivity contribution >= 4 is 11.6 Å². The van der Waals surface area contributed by atoms with Gasteiger partial charge in [0.05, 0.1) is 0 Å². The predicted octanol–water partition coefficient (Wildman–Crippen LogP) is 5.47. The SMILES string of the molecule is CC(C)(C)NCC(Cc1ccc(Cl)cc1)CC1CCCC1. The van der Waals surface area contributed by atoms with E-state index in [-0.39, 0.29) is 5.54 Å². The predicted molar refractivity (Wildman–Crippen MR) is 93.0 cm³/mol. The van der Waals surface area contributed by atoms with Crippen molar-refractivity contribution < 1.29 is 0 Å². The van der Waals surface area contributed by atoms with E-state index in [1.54, 1.807) is 0 Å². The Bertz CT molecular complexity index is 412. The summed E-state index contributed by atoms with van der Waals surface area (Å²) >= 11 is 5.99. The molecule has 1 N–H and O–H groups in total. The van der Waals surface area contributed by atoms with E-state index in [1.807, 2.05) is 12.1 Å². The monoisotopic (exact) mass is 307 g/mol. The van der Waals surface area contributed by atoms with Crippen molar-refractivity contribution in [2.75, 3.05) is 6.54 Å². The molecule has 0 radical (unpaired) electrons. The Kier molecular flexibility index (Phi) is 6.13. The van der Waals surface area contributed by atoms with Crippen LogP contribution in [0.25, 0.3) is 0 Å². The Labute approximate surface area is 135 Å². The second-order valence-corrected chi connectivity index (χ2v) is 8.15. The highest BCUT2D eigenvalue weighted by Gasteiger charge is 2.22. The van der Waals surface area contributed by atoms with Gasteiger partial charge in [-0.2, -0.15) is 0 Å². The van der Waals surface area contributed by atoms with Crippen LogP contribution < -0.4 is 5.32 Å². The maximum absolute atomic E-state index is 5.99. The molecule has 0 spiro atoms. The van der Waals surface area contributed by atoms with E-state index in [9.17, 15) is 0 Å². The molecule has 1 aromatic rings. The first kappa shape index (κ1) is 16.8. The van der Waals surface area contributed by atoms with Gasteiger partial charge in [0.15, 0.2) is 0 Å². The van der Waals surface area contributed by atoms with Crippen LogP contribution in [0, 0.1) is 11.8 Å². The fourth-order valence-corrected chi connectivity index (χ4v) is 3.49. The van der Waals surface area contributed by atoms with Gasteiger partial charge in [0.2, 0.25) is 0 Å². The molecule has 1 aliphatic carbocycles. The first-order valence-electron chi connectivity index (χ1n) is 8.42. The number of nitrogens with one attached hydrogen (secondary N) is 1. The number of halogens is 1. The average Bonchev–Trinajstić information content (AvgIpc) is 2.91. The lowest BCUT2D eigenvalue weighted by Gasteiger charge is -2.27. The van der Waals surface area contributed by atoms with Crippen LogP contribution in [0.15, 0.2) is 24.3 Å². The van der Waals surface area contributed by atoms with Crippen LogP contribution in [0.4, 0.5) is 0 Å². The smallest absolute Gasteiger partial charge is 0.0406 e. The zero-order valence-electron chi connectivity index (χ0n) is 13.8. The van der Waals surface area contributed by atoms with Crippen molar-refractivity contribution in [3.63, 3.8) is 0 Å². The molecule has 1 fully saturated rings. The van der Waals surface area contributed by atoms with Gasteiger partial charge in [0.1, 0.15) is 0 Å². The lowest BCUT2D eigenvalue weighted by molar-refractivity contribution is 0.317. The van der Waals surface area contributed by atoms with Gasteiger partial charge in [-0.05, 0) is 69.7 Å². The first-order chi connectivity index (χ1) is 9.92. The molecule has 118 valence electrons. The molecule has 2 heteroatoms. The molecule has 1 saturated carbocycles. The third-order valence-corrected chi connectivity index (χ3v) is 4.75. The molecule has 1 aromatic carbocycles. The topological polar surface area (TPSA) is 12.0 Å². The van der Waals surface area contributed by atoms with Gasteiger partial charge in [0, 0.05) is 10.6 Å². The third kappa shape index (κ3) is 6.40. The summed E-state index contributed by atoms with van der Waals surface area (Å²) < 4.78 is 0. The highest BCUT2D eigenvalue weighted by Crippen LogP contribution is 2.31. The van der Waals surface area contributed by atoms with Gasteiger partial charge in [-0.15, -0.1) is 0 Å². The van der Waals surface area contributed by atoms with Gasteiger partial charge in [-0.25, -0.2) is 0 Å². The average molecular weight is 308 g/mol. The minimum Gasteiger partial charge on any atom is -0.312 e. The molecule has 1 aliphatic rings. The second kappa shape index (κ2) is 7.65. The molecule has 1 atom stereocenters. The summed E-state index contributed by atoms with van der Waals surface area (Å²) in [6.45, 7) is 7.87. The summed E-state index contributed by atoms with van der Waals surface area (Å²) in [4.78, 5) is 0. The fraction of sp³-hybridized carbons (Fsp3) is 0.684. The van der Waals surface area contributed by atoms with E-state index in [0.717, 1.165) is 29.8 Å². The fourth-order valence-electron chi connectivity index (χ4n) is 3.36. The van der Waals surface area contributed by atoms with Crippen LogP contribution in [0.1, 0.15) is 58.4 Å². The molecule has 0 saturated heterocycles. The van der Waals surface area contributed by atoms with Gasteiger partial charge in [-0.3, -0.25) is 0 Å². The maximum atomic E-state index is 5.99. The summed E-state index contributed by atoms with van der Waals surface area (Å²) in [6, 6.07) is 8.39. The van der Waals surface area contributed by atoms with Crippen LogP contribution in [0.5, 0.6) is 0 Å². The molecular weight excluding hydrogens is 278 g/mol. The summed E-state index contributed by atoms with van der Waals surface area (Å²) in [5.74, 6) is 1.68. The van der Waals surface area contributed by atoms with Crippen molar-refractivity contribution in [1.29, 1.82) is 0 Å². The number of hydrogen-bond donors (Lipinski definition) is 1. The van der Waals surface area contributed by atoms with Crippen molar-refractivity contribution in [1.82, 2.24) is 5.32 Å². The van der Waals surface area contributed by atoms with E-state index in [1.165, 1.54) is 37.7 Å². The molecule has 2 rings (SSSR count). The standard InChI is InChI=1S/C19H30ClN/c1-19(2,3)21-14-17(12-15-6-4-5-7-15)13-16-8-10-18(20)11-9-16/h8-11,15,17,21H,4-7,12-14H2,1-3H3. The van der Waals surface area contributed by atoms with E-state index in [4.69, 9.17) is 11.6 Å². The maximum Gasteiger partial charge on any atom is 0.0406 e. The molecule has 21 heavy (non-hydrogen) atoms. The summed E-state index contributed by atoms with van der Waals surface area (Å²) in [6.07, 6.45) is 8.28. The lowest BCUT2D eigenvalue weighted by atomic mass is 9.88. The molecule has 0 bridgehead atoms. The minimum atomic E-state index is 0.202. The molecule has 0 amide bonds. The van der Waals surface area contributed by atoms with Crippen molar-refractivity contribution in [3.05, 3.63) is 34.9 Å². The zero-order chi connectivity index (χ0) is 15.3. The van der Waals surface area contributed by atoms with Crippen LogP contribution in [0.2, 0.25) is 5.02 Å². The molecule has 0 aromatic heterocycles. The first-order valence-corrected chi connectivity index (χ1v) is 8.79. The Morgan fingerprint density at radius 3 is 2.33 bits per heavy atom. The summed E-state index contributed by atoms with van der Waals surface area (Å²) in [7, 11) is 0. The second-order valence-electron chi connectivity index (χ2n) is 7.71.